The van der Waals surface area contributed by atoms with E-state index in [9.17, 15) is 35.6 Å². The lowest BCUT2D eigenvalue weighted by Gasteiger charge is -2.23. The van der Waals surface area contributed by atoms with Crippen molar-refractivity contribution in [3.8, 4) is 11.1 Å². The highest BCUT2D eigenvalue weighted by Gasteiger charge is 2.67. The van der Waals surface area contributed by atoms with Crippen molar-refractivity contribution in [1.29, 1.82) is 0 Å². The van der Waals surface area contributed by atoms with Gasteiger partial charge >= 0.3 is 0 Å². The Morgan fingerprint density at radius 2 is 1.74 bits per heavy atom. The molecule has 1 fully saturated rings. The smallest absolute Gasteiger partial charge is 0.293 e. The number of aromatic amines is 1. The van der Waals surface area contributed by atoms with Crippen LogP contribution in [-0.4, -0.2) is 55.6 Å². The second-order valence-electron chi connectivity index (χ2n) is 14.5. The monoisotopic (exact) mass is 776 g/mol. The van der Waals surface area contributed by atoms with E-state index >= 15 is 13.2 Å². The molecule has 1 saturated carbocycles. The standard InChI is InChI=1S/C36H31F7N6O4S/c1-35(2,3)54(52,53)15-28(50)22-9-17(4-5-24(22)39)20-12-25-27(13-44-47-25)46-31(20)26(8-16-6-18(37)10-19(38)7-16)45-29(51)14-49-33-30(32(48-49)34(40)41)21-11-23(21)36(33,42)43/h4-7,9-10,12-13,21,23,26,34H,8,11,14-15H2,1-3H3,(H,44,47)(H,45,51)/t21-,23+,26-/m0/s1. The van der Waals surface area contributed by atoms with Gasteiger partial charge in [0.15, 0.2) is 15.6 Å². The van der Waals surface area contributed by atoms with Crippen molar-refractivity contribution in [1.82, 2.24) is 30.3 Å². The SMILES string of the molecule is CC(C)(C)S(=O)(=O)CC(=O)c1cc(-c2cc3[nH]ncc3nc2[C@H](Cc2cc(F)cc(F)c2)NC(=O)Cn2nc(C(F)F)c3c2C(F)(F)[C@@H]2C[C@H]32)ccc1F. The molecule has 3 aromatic heterocycles. The van der Waals surface area contributed by atoms with E-state index in [1.807, 2.05) is 0 Å². The molecule has 0 saturated heterocycles. The zero-order valence-corrected chi connectivity index (χ0v) is 29.5. The average Bonchev–Trinajstić information content (AvgIpc) is 3.47. The normalized spacial score (nSPS) is 18.1. The fraction of sp³-hybridized carbons (Fsp3) is 0.361. The summed E-state index contributed by atoms with van der Waals surface area (Å²) in [6.07, 6.45) is -2.20. The van der Waals surface area contributed by atoms with Crippen LogP contribution in [0.15, 0.2) is 48.7 Å². The molecule has 10 nitrogen and oxygen atoms in total. The van der Waals surface area contributed by atoms with Crippen molar-refractivity contribution < 1.29 is 48.7 Å². The van der Waals surface area contributed by atoms with Crippen LogP contribution in [0.1, 0.15) is 84.1 Å². The number of H-pyrrole nitrogens is 1. The number of hydrogen-bond donors (Lipinski definition) is 2. The molecule has 3 atom stereocenters. The van der Waals surface area contributed by atoms with Crippen molar-refractivity contribution in [3.05, 3.63) is 99.9 Å². The zero-order chi connectivity index (χ0) is 39.1. The number of pyridine rings is 1. The van der Waals surface area contributed by atoms with E-state index in [1.54, 1.807) is 0 Å². The first-order valence-electron chi connectivity index (χ1n) is 16.7. The van der Waals surface area contributed by atoms with Crippen LogP contribution in [0, 0.1) is 23.4 Å². The third-order valence-corrected chi connectivity index (χ3v) is 12.3. The number of Topliss-reactive ketones (excluding diaryl/α,β-unsaturated/α-hetero) is 1. The highest BCUT2D eigenvalue weighted by Crippen LogP contribution is 2.68. The topological polar surface area (TPSA) is 140 Å². The molecule has 2 aliphatic carbocycles. The number of aromatic nitrogens is 5. The highest BCUT2D eigenvalue weighted by atomic mass is 32.2. The maximum atomic E-state index is 15.3. The van der Waals surface area contributed by atoms with E-state index in [4.69, 9.17) is 0 Å². The number of benzene rings is 2. The minimum atomic E-state index is -4.02. The van der Waals surface area contributed by atoms with Crippen molar-refractivity contribution in [2.75, 3.05) is 5.75 Å². The molecular formula is C36H31F7N6O4S. The van der Waals surface area contributed by atoms with Gasteiger partial charge in [0.2, 0.25) is 5.91 Å². The van der Waals surface area contributed by atoms with Crippen LogP contribution in [0.2, 0.25) is 0 Å². The summed E-state index contributed by atoms with van der Waals surface area (Å²) in [7, 11) is -4.02. The van der Waals surface area contributed by atoms with Crippen LogP contribution < -0.4 is 5.32 Å². The molecule has 54 heavy (non-hydrogen) atoms. The maximum Gasteiger partial charge on any atom is 0.293 e. The van der Waals surface area contributed by atoms with Gasteiger partial charge in [-0.25, -0.2) is 35.4 Å². The fourth-order valence-corrected chi connectivity index (χ4v) is 7.83. The Bertz CT molecular complexity index is 2440. The quantitative estimate of drug-likeness (QED) is 0.110. The van der Waals surface area contributed by atoms with Crippen LogP contribution in [0.3, 0.4) is 0 Å². The minimum absolute atomic E-state index is 0.0118. The summed E-state index contributed by atoms with van der Waals surface area (Å²) < 4.78 is 127. The molecule has 284 valence electrons. The Labute approximate surface area is 303 Å². The molecule has 0 aliphatic heterocycles. The predicted octanol–water partition coefficient (Wildman–Crippen LogP) is 6.88. The summed E-state index contributed by atoms with van der Waals surface area (Å²) in [5.41, 5.74) is -1.62. The number of sulfone groups is 1. The number of ketones is 1. The molecule has 3 heterocycles. The number of carbonyl (C=O) groups is 2. The second-order valence-corrected chi connectivity index (χ2v) is 17.2. The molecule has 0 radical (unpaired) electrons. The fourth-order valence-electron chi connectivity index (χ4n) is 6.90. The first-order chi connectivity index (χ1) is 25.2. The Morgan fingerprint density at radius 3 is 2.41 bits per heavy atom. The van der Waals surface area contributed by atoms with Gasteiger partial charge in [0.1, 0.15) is 46.7 Å². The van der Waals surface area contributed by atoms with Crippen LogP contribution in [0.25, 0.3) is 22.2 Å². The highest BCUT2D eigenvalue weighted by molar-refractivity contribution is 7.93. The van der Waals surface area contributed by atoms with Crippen LogP contribution >= 0.6 is 0 Å². The molecule has 5 aromatic rings. The molecule has 2 N–H and O–H groups in total. The van der Waals surface area contributed by atoms with E-state index < -0.39 is 103 Å². The van der Waals surface area contributed by atoms with Gasteiger partial charge in [0.05, 0.1) is 33.8 Å². The van der Waals surface area contributed by atoms with Gasteiger partial charge in [-0.1, -0.05) is 6.07 Å². The van der Waals surface area contributed by atoms with Crippen LogP contribution in [0.5, 0.6) is 0 Å². The van der Waals surface area contributed by atoms with Crippen LogP contribution in [0.4, 0.5) is 30.7 Å². The minimum Gasteiger partial charge on any atom is -0.346 e. The average molecular weight is 777 g/mol. The number of fused-ring (bicyclic) bond motifs is 4. The number of halogens is 7. The Balaban J connectivity index is 1.31. The first kappa shape index (κ1) is 37.2. The molecule has 0 bridgehead atoms. The van der Waals surface area contributed by atoms with Gasteiger partial charge in [-0.2, -0.15) is 19.0 Å². The lowest BCUT2D eigenvalue weighted by molar-refractivity contribution is -0.123. The predicted molar refractivity (Wildman–Crippen MR) is 180 cm³/mol. The summed E-state index contributed by atoms with van der Waals surface area (Å²) >= 11 is 0. The summed E-state index contributed by atoms with van der Waals surface area (Å²) in [5, 5.41) is 13.0. The lowest BCUT2D eigenvalue weighted by Crippen LogP contribution is -2.35. The molecule has 18 heteroatoms. The van der Waals surface area contributed by atoms with Gasteiger partial charge in [-0.3, -0.25) is 19.4 Å². The van der Waals surface area contributed by atoms with E-state index in [2.05, 4.69) is 25.6 Å². The number of alkyl halides is 4. The number of nitrogens with one attached hydrogen (secondary N) is 2. The molecule has 0 spiro atoms. The maximum absolute atomic E-state index is 15.3. The zero-order valence-electron chi connectivity index (χ0n) is 28.7. The van der Waals surface area contributed by atoms with Crippen LogP contribution in [-0.2, 0) is 33.5 Å². The van der Waals surface area contributed by atoms with Crippen molar-refractivity contribution in [3.63, 3.8) is 0 Å². The van der Waals surface area contributed by atoms with Crippen molar-refractivity contribution in [2.45, 2.75) is 69.2 Å². The van der Waals surface area contributed by atoms with Gasteiger partial charge < -0.3 is 5.32 Å². The number of amides is 1. The number of rotatable bonds is 11. The molecule has 1 amide bonds. The molecular weight excluding hydrogens is 745 g/mol. The van der Waals surface area contributed by atoms with Gasteiger partial charge in [-0.05, 0) is 81.0 Å². The number of hydrogen-bond acceptors (Lipinski definition) is 7. The Morgan fingerprint density at radius 1 is 1.04 bits per heavy atom. The largest absolute Gasteiger partial charge is 0.346 e. The third-order valence-electron chi connectivity index (χ3n) is 9.77. The first-order valence-corrected chi connectivity index (χ1v) is 18.3. The molecule has 2 aliphatic rings. The summed E-state index contributed by atoms with van der Waals surface area (Å²) in [4.78, 5) is 31.6. The Kier molecular flexibility index (Phi) is 8.97. The van der Waals surface area contributed by atoms with Gasteiger partial charge in [0, 0.05) is 23.1 Å². The second kappa shape index (κ2) is 13.0. The summed E-state index contributed by atoms with van der Waals surface area (Å²) in [6.45, 7) is 3.25. The molecule has 2 aromatic carbocycles. The lowest BCUT2D eigenvalue weighted by atomic mass is 9.93. The summed E-state index contributed by atoms with van der Waals surface area (Å²) in [6, 6.07) is 6.07. The van der Waals surface area contributed by atoms with E-state index in [0.717, 1.165) is 24.3 Å². The van der Waals surface area contributed by atoms with Gasteiger partial charge in [-0.15, -0.1) is 0 Å². The van der Waals surface area contributed by atoms with Gasteiger partial charge in [0.25, 0.3) is 12.3 Å². The van der Waals surface area contributed by atoms with Crippen molar-refractivity contribution >= 4 is 32.6 Å². The number of carbonyl (C=O) groups excluding carboxylic acids is 2. The third kappa shape index (κ3) is 6.64. The Hall–Kier alpha value is -5.13. The van der Waals surface area contributed by atoms with E-state index in [0.29, 0.717) is 16.3 Å². The number of nitrogens with zero attached hydrogens (tertiary/aromatic N) is 4. The molecule has 7 rings (SSSR count). The molecule has 0 unspecified atom stereocenters. The van der Waals surface area contributed by atoms with E-state index in [-0.39, 0.29) is 46.3 Å². The van der Waals surface area contributed by atoms with Crippen molar-refractivity contribution in [2.24, 2.45) is 5.92 Å². The summed E-state index contributed by atoms with van der Waals surface area (Å²) in [5.74, 6) is -11.5. The van der Waals surface area contributed by atoms with E-state index in [1.165, 1.54) is 39.1 Å².